The van der Waals surface area contributed by atoms with E-state index < -0.39 is 0 Å². The molecule has 0 amide bonds. The van der Waals surface area contributed by atoms with Gasteiger partial charge in [-0.15, -0.1) is 0 Å². The highest BCUT2D eigenvalue weighted by Crippen LogP contribution is 2.27. The second-order valence-electron chi connectivity index (χ2n) is 6.58. The number of ether oxygens (including phenoxy) is 1. The Hall–Kier alpha value is -0.120. The van der Waals surface area contributed by atoms with E-state index in [0.29, 0.717) is 12.1 Å². The molecule has 2 unspecified atom stereocenters. The Kier molecular flexibility index (Phi) is 7.33. The third-order valence-electron chi connectivity index (χ3n) is 4.60. The van der Waals surface area contributed by atoms with Crippen molar-refractivity contribution in [2.45, 2.75) is 77.5 Å². The summed E-state index contributed by atoms with van der Waals surface area (Å²) >= 11 is 0. The van der Waals surface area contributed by atoms with Crippen molar-refractivity contribution in [1.29, 1.82) is 0 Å². The summed E-state index contributed by atoms with van der Waals surface area (Å²) in [6.45, 7) is 12.3. The topological polar surface area (TPSA) is 24.5 Å². The summed E-state index contributed by atoms with van der Waals surface area (Å²) in [5.41, 5.74) is 0.105. The van der Waals surface area contributed by atoms with Gasteiger partial charge in [0.2, 0.25) is 0 Å². The van der Waals surface area contributed by atoms with Gasteiger partial charge in [0.05, 0.1) is 5.60 Å². The van der Waals surface area contributed by atoms with Gasteiger partial charge in [-0.25, -0.2) is 0 Å². The zero-order valence-electron chi connectivity index (χ0n) is 13.7. The maximum Gasteiger partial charge on any atom is 0.0666 e. The van der Waals surface area contributed by atoms with Crippen LogP contribution in [0.25, 0.3) is 0 Å². The Morgan fingerprint density at radius 1 is 1.37 bits per heavy atom. The average molecular weight is 270 g/mol. The van der Waals surface area contributed by atoms with Gasteiger partial charge in [-0.05, 0) is 73.0 Å². The molecule has 1 N–H and O–H groups in total. The van der Waals surface area contributed by atoms with Crippen molar-refractivity contribution < 1.29 is 4.74 Å². The van der Waals surface area contributed by atoms with E-state index in [4.69, 9.17) is 4.74 Å². The van der Waals surface area contributed by atoms with E-state index in [1.54, 1.807) is 0 Å². The maximum atomic E-state index is 5.88. The Balaban J connectivity index is 2.09. The predicted molar refractivity (Wildman–Crippen MR) is 82.7 cm³/mol. The second kappa shape index (κ2) is 8.23. The number of hydrogen-bond donors (Lipinski definition) is 1. The molecule has 3 nitrogen and oxygen atoms in total. The normalized spacial score (nSPS) is 28.3. The highest BCUT2D eigenvalue weighted by molar-refractivity contribution is 4.85. The Morgan fingerprint density at radius 3 is 2.74 bits per heavy atom. The molecule has 1 rings (SSSR count). The van der Waals surface area contributed by atoms with Gasteiger partial charge >= 0.3 is 0 Å². The molecule has 1 aliphatic heterocycles. The van der Waals surface area contributed by atoms with Gasteiger partial charge in [0.15, 0.2) is 0 Å². The summed E-state index contributed by atoms with van der Waals surface area (Å²) in [7, 11) is 2.21. The van der Waals surface area contributed by atoms with E-state index in [9.17, 15) is 0 Å². The minimum Gasteiger partial charge on any atom is -0.375 e. The zero-order valence-corrected chi connectivity index (χ0v) is 13.7. The third kappa shape index (κ3) is 6.24. The van der Waals surface area contributed by atoms with Crippen LogP contribution in [0, 0.1) is 0 Å². The molecule has 1 heterocycles. The van der Waals surface area contributed by atoms with Crippen molar-refractivity contribution in [3.05, 3.63) is 0 Å². The van der Waals surface area contributed by atoms with Gasteiger partial charge in [-0.1, -0.05) is 6.92 Å². The lowest BCUT2D eigenvalue weighted by molar-refractivity contribution is -0.0778. The van der Waals surface area contributed by atoms with Crippen molar-refractivity contribution in [2.75, 3.05) is 26.7 Å². The fourth-order valence-electron chi connectivity index (χ4n) is 2.60. The molecular weight excluding hydrogens is 236 g/mol. The maximum absolute atomic E-state index is 5.88. The Labute approximate surface area is 120 Å². The molecule has 0 aromatic carbocycles. The Bertz CT molecular complexity index is 245. The lowest BCUT2D eigenvalue weighted by Gasteiger charge is -2.38. The van der Waals surface area contributed by atoms with E-state index in [1.807, 2.05) is 0 Å². The first-order valence-corrected chi connectivity index (χ1v) is 8.04. The van der Waals surface area contributed by atoms with Crippen LogP contribution in [0.2, 0.25) is 0 Å². The van der Waals surface area contributed by atoms with E-state index in [0.717, 1.165) is 26.0 Å². The van der Waals surface area contributed by atoms with E-state index in [-0.39, 0.29) is 5.60 Å². The van der Waals surface area contributed by atoms with Gasteiger partial charge in [0.1, 0.15) is 0 Å². The molecular formula is C16H34N2O. The molecule has 1 saturated heterocycles. The van der Waals surface area contributed by atoms with E-state index in [2.05, 4.69) is 45.0 Å². The number of nitrogens with one attached hydrogen (secondary N) is 1. The number of unbranched alkanes of at least 4 members (excludes halogenated alkanes) is 1. The molecule has 0 spiro atoms. The summed E-state index contributed by atoms with van der Waals surface area (Å²) in [5.74, 6) is 0. The second-order valence-corrected chi connectivity index (χ2v) is 6.58. The first-order chi connectivity index (χ1) is 8.97. The number of rotatable bonds is 8. The zero-order chi connectivity index (χ0) is 14.3. The van der Waals surface area contributed by atoms with Crippen molar-refractivity contribution >= 4 is 0 Å². The quantitative estimate of drug-likeness (QED) is 0.686. The smallest absolute Gasteiger partial charge is 0.0666 e. The summed E-state index contributed by atoms with van der Waals surface area (Å²) in [6, 6.07) is 1.32. The Morgan fingerprint density at radius 2 is 2.11 bits per heavy atom. The minimum atomic E-state index is 0.105. The van der Waals surface area contributed by atoms with Gasteiger partial charge in [0, 0.05) is 18.7 Å². The molecule has 0 saturated carbocycles. The van der Waals surface area contributed by atoms with Crippen molar-refractivity contribution in [3.8, 4) is 0 Å². The molecule has 3 heteroatoms. The summed E-state index contributed by atoms with van der Waals surface area (Å²) in [6.07, 6.45) is 6.01. The van der Waals surface area contributed by atoms with E-state index in [1.165, 1.54) is 25.8 Å². The van der Waals surface area contributed by atoms with Gasteiger partial charge < -0.3 is 15.0 Å². The summed E-state index contributed by atoms with van der Waals surface area (Å²) < 4.78 is 5.88. The first kappa shape index (κ1) is 16.9. The molecule has 2 atom stereocenters. The SMILES string of the molecule is CCC1(C)CC(NCCCCN(C)C(C)C)CCO1. The van der Waals surface area contributed by atoms with Gasteiger partial charge in [0.25, 0.3) is 0 Å². The third-order valence-corrected chi connectivity index (χ3v) is 4.60. The lowest BCUT2D eigenvalue weighted by Crippen LogP contribution is -2.45. The van der Waals surface area contributed by atoms with Crippen LogP contribution in [0.15, 0.2) is 0 Å². The average Bonchev–Trinajstić information content (AvgIpc) is 2.38. The standard InChI is InChI=1S/C16H34N2O/c1-6-16(4)13-15(9-12-19-16)17-10-7-8-11-18(5)14(2)3/h14-15,17H,6-13H2,1-5H3. The molecule has 1 fully saturated rings. The van der Waals surface area contributed by atoms with Crippen LogP contribution in [-0.2, 0) is 4.74 Å². The van der Waals surface area contributed by atoms with Crippen LogP contribution in [0.5, 0.6) is 0 Å². The van der Waals surface area contributed by atoms with Crippen molar-refractivity contribution in [3.63, 3.8) is 0 Å². The molecule has 0 bridgehead atoms. The van der Waals surface area contributed by atoms with Gasteiger partial charge in [-0.3, -0.25) is 0 Å². The fourth-order valence-corrected chi connectivity index (χ4v) is 2.60. The van der Waals surface area contributed by atoms with E-state index >= 15 is 0 Å². The van der Waals surface area contributed by atoms with Crippen LogP contribution in [0.3, 0.4) is 0 Å². The summed E-state index contributed by atoms with van der Waals surface area (Å²) in [5, 5.41) is 3.72. The highest BCUT2D eigenvalue weighted by atomic mass is 16.5. The van der Waals surface area contributed by atoms with Crippen LogP contribution < -0.4 is 5.32 Å². The molecule has 19 heavy (non-hydrogen) atoms. The molecule has 114 valence electrons. The first-order valence-electron chi connectivity index (χ1n) is 8.04. The van der Waals surface area contributed by atoms with Crippen molar-refractivity contribution in [2.24, 2.45) is 0 Å². The predicted octanol–water partition coefficient (Wildman–Crippen LogP) is 3.04. The number of nitrogens with zero attached hydrogens (tertiary/aromatic N) is 1. The molecule has 0 radical (unpaired) electrons. The highest BCUT2D eigenvalue weighted by Gasteiger charge is 2.31. The van der Waals surface area contributed by atoms with Crippen molar-refractivity contribution in [1.82, 2.24) is 10.2 Å². The van der Waals surface area contributed by atoms with Gasteiger partial charge in [-0.2, -0.15) is 0 Å². The molecule has 0 aromatic heterocycles. The lowest BCUT2D eigenvalue weighted by atomic mass is 9.90. The van der Waals surface area contributed by atoms with Crippen LogP contribution in [-0.4, -0.2) is 49.3 Å². The fraction of sp³-hybridized carbons (Fsp3) is 1.00. The molecule has 0 aromatic rings. The summed E-state index contributed by atoms with van der Waals surface area (Å²) in [4.78, 5) is 2.42. The molecule has 1 aliphatic rings. The number of hydrogen-bond acceptors (Lipinski definition) is 3. The van der Waals surface area contributed by atoms with Crippen LogP contribution >= 0.6 is 0 Å². The van der Waals surface area contributed by atoms with Crippen LogP contribution in [0.4, 0.5) is 0 Å². The monoisotopic (exact) mass is 270 g/mol. The molecule has 0 aliphatic carbocycles. The largest absolute Gasteiger partial charge is 0.375 e. The van der Waals surface area contributed by atoms with Crippen LogP contribution in [0.1, 0.15) is 59.8 Å². The minimum absolute atomic E-state index is 0.105.